The lowest BCUT2D eigenvalue weighted by molar-refractivity contribution is -0.384. The number of benzene rings is 2. The van der Waals surface area contributed by atoms with E-state index < -0.39 is 4.92 Å². The molecule has 1 aliphatic rings. The van der Waals surface area contributed by atoms with Crippen LogP contribution in [0.3, 0.4) is 0 Å². The van der Waals surface area contributed by atoms with Crippen molar-refractivity contribution in [2.45, 2.75) is 38.1 Å². The highest BCUT2D eigenvalue weighted by atomic mass is 35.5. The average Bonchev–Trinajstić information content (AvgIpc) is 2.80. The van der Waals surface area contributed by atoms with Crippen LogP contribution in [0.5, 0.6) is 0 Å². The first kappa shape index (κ1) is 22.4. The zero-order valence-corrected chi connectivity index (χ0v) is 18.5. The molecule has 2 aromatic carbocycles. The van der Waals surface area contributed by atoms with Gasteiger partial charge in [0.15, 0.2) is 0 Å². The Morgan fingerprint density at radius 1 is 1.00 bits per heavy atom. The van der Waals surface area contributed by atoms with Gasteiger partial charge in [-0.1, -0.05) is 43.0 Å². The lowest BCUT2D eigenvalue weighted by Crippen LogP contribution is -2.24. The van der Waals surface area contributed by atoms with Crippen LogP contribution in [0.2, 0.25) is 5.02 Å². The molecule has 0 aliphatic heterocycles. The van der Waals surface area contributed by atoms with Gasteiger partial charge in [-0.25, -0.2) is 5.43 Å². The fraction of sp³-hybridized carbons (Fsp3) is 0.273. The summed E-state index contributed by atoms with van der Waals surface area (Å²) >= 11 is 6.01. The van der Waals surface area contributed by atoms with Crippen molar-refractivity contribution in [2.75, 3.05) is 16.1 Å². The maximum absolute atomic E-state index is 10.9. The summed E-state index contributed by atoms with van der Waals surface area (Å²) < 4.78 is 0. The highest BCUT2D eigenvalue weighted by Gasteiger charge is 2.16. The Balaban J connectivity index is 1.53. The normalized spacial score (nSPS) is 14.2. The summed E-state index contributed by atoms with van der Waals surface area (Å²) in [5, 5.41) is 22.2. The van der Waals surface area contributed by atoms with Crippen molar-refractivity contribution in [3.8, 4) is 0 Å². The van der Waals surface area contributed by atoms with Gasteiger partial charge in [-0.3, -0.25) is 10.1 Å². The highest BCUT2D eigenvalue weighted by Crippen LogP contribution is 2.23. The fourth-order valence-electron chi connectivity index (χ4n) is 3.52. The quantitative estimate of drug-likeness (QED) is 0.229. The molecule has 1 fully saturated rings. The third-order valence-electron chi connectivity index (χ3n) is 5.13. The zero-order valence-electron chi connectivity index (χ0n) is 17.7. The number of hydrogen-bond acceptors (Lipinski definition) is 9. The molecule has 3 aromatic rings. The van der Waals surface area contributed by atoms with Gasteiger partial charge in [0.2, 0.25) is 17.8 Å². The number of anilines is 4. The first-order valence-electron chi connectivity index (χ1n) is 10.6. The van der Waals surface area contributed by atoms with E-state index in [0.717, 1.165) is 18.4 Å². The Hall–Kier alpha value is -3.79. The molecule has 1 aliphatic carbocycles. The summed E-state index contributed by atoms with van der Waals surface area (Å²) in [7, 11) is 0. The van der Waals surface area contributed by atoms with Crippen molar-refractivity contribution in [1.82, 2.24) is 15.0 Å². The highest BCUT2D eigenvalue weighted by molar-refractivity contribution is 6.30. The SMILES string of the molecule is O=[N+]([O-])c1ccc(Nc2nc(N/N=C/c3cccc(Cl)c3)nc(NC3CCCCC3)n2)cc1. The van der Waals surface area contributed by atoms with Crippen LogP contribution >= 0.6 is 11.6 Å². The molecule has 0 atom stereocenters. The maximum Gasteiger partial charge on any atom is 0.269 e. The number of halogens is 1. The monoisotopic (exact) mass is 466 g/mol. The van der Waals surface area contributed by atoms with Crippen molar-refractivity contribution in [3.63, 3.8) is 0 Å². The van der Waals surface area contributed by atoms with E-state index in [-0.39, 0.29) is 17.6 Å². The second kappa shape index (κ2) is 10.7. The second-order valence-electron chi connectivity index (χ2n) is 7.64. The van der Waals surface area contributed by atoms with E-state index in [1.165, 1.54) is 31.4 Å². The Morgan fingerprint density at radius 2 is 1.73 bits per heavy atom. The van der Waals surface area contributed by atoms with Gasteiger partial charge in [0.1, 0.15) is 0 Å². The number of nitrogens with zero attached hydrogens (tertiary/aromatic N) is 5. The van der Waals surface area contributed by atoms with Gasteiger partial charge in [-0.2, -0.15) is 20.1 Å². The molecule has 0 unspecified atom stereocenters. The number of nitro benzene ring substituents is 1. The smallest absolute Gasteiger partial charge is 0.269 e. The minimum absolute atomic E-state index is 0.00793. The van der Waals surface area contributed by atoms with Crippen LogP contribution < -0.4 is 16.1 Å². The summed E-state index contributed by atoms with van der Waals surface area (Å²) in [6.07, 6.45) is 7.33. The van der Waals surface area contributed by atoms with E-state index in [9.17, 15) is 10.1 Å². The first-order chi connectivity index (χ1) is 16.0. The molecule has 1 saturated carbocycles. The molecular formula is C22H23ClN8O2. The standard InChI is InChI=1S/C22H23ClN8O2/c23-16-6-4-5-15(13-16)14-24-30-22-28-20(25-17-7-2-1-3-8-17)27-21(29-22)26-18-9-11-19(12-10-18)31(32)33/h4-6,9-14,17H,1-3,7-8H2,(H3,25,26,27,28,29,30)/b24-14+. The van der Waals surface area contributed by atoms with Crippen LogP contribution in [-0.4, -0.2) is 32.1 Å². The van der Waals surface area contributed by atoms with E-state index in [1.807, 2.05) is 12.1 Å². The van der Waals surface area contributed by atoms with Crippen LogP contribution in [0.4, 0.5) is 29.2 Å². The number of aromatic nitrogens is 3. The predicted octanol–water partition coefficient (Wildman–Crippen LogP) is 5.37. The number of hydrogen-bond donors (Lipinski definition) is 3. The van der Waals surface area contributed by atoms with Gasteiger partial charge in [0.05, 0.1) is 11.1 Å². The molecule has 10 nitrogen and oxygen atoms in total. The van der Waals surface area contributed by atoms with Gasteiger partial charge >= 0.3 is 0 Å². The van der Waals surface area contributed by atoms with Crippen molar-refractivity contribution in [1.29, 1.82) is 0 Å². The molecule has 1 aromatic heterocycles. The molecular weight excluding hydrogens is 444 g/mol. The summed E-state index contributed by atoms with van der Waals surface area (Å²) in [6.45, 7) is 0. The van der Waals surface area contributed by atoms with E-state index in [0.29, 0.717) is 22.7 Å². The lowest BCUT2D eigenvalue weighted by atomic mass is 9.96. The third-order valence-corrected chi connectivity index (χ3v) is 5.37. The molecule has 0 radical (unpaired) electrons. The summed E-state index contributed by atoms with van der Waals surface area (Å²) in [5.74, 6) is 0.977. The van der Waals surface area contributed by atoms with Crippen molar-refractivity contribution in [2.24, 2.45) is 5.10 Å². The third kappa shape index (κ3) is 6.59. The molecule has 11 heteroatoms. The molecule has 170 valence electrons. The number of hydrazone groups is 1. The predicted molar refractivity (Wildman–Crippen MR) is 129 cm³/mol. The summed E-state index contributed by atoms with van der Waals surface area (Å²) in [5.41, 5.74) is 4.29. The van der Waals surface area contributed by atoms with Crippen molar-refractivity contribution in [3.05, 3.63) is 69.2 Å². The second-order valence-corrected chi connectivity index (χ2v) is 8.08. The Bertz CT molecular complexity index is 1130. The van der Waals surface area contributed by atoms with E-state index in [1.54, 1.807) is 30.5 Å². The van der Waals surface area contributed by atoms with Crippen molar-refractivity contribution < 1.29 is 4.92 Å². The minimum Gasteiger partial charge on any atom is -0.351 e. The Labute approximate surface area is 195 Å². The van der Waals surface area contributed by atoms with Crippen molar-refractivity contribution >= 4 is 47.0 Å². The van der Waals surface area contributed by atoms with Gasteiger partial charge in [-0.15, -0.1) is 0 Å². The maximum atomic E-state index is 10.9. The molecule has 4 rings (SSSR count). The Morgan fingerprint density at radius 3 is 2.45 bits per heavy atom. The van der Waals surface area contributed by atoms with Crippen LogP contribution in [0.25, 0.3) is 0 Å². The molecule has 3 N–H and O–H groups in total. The van der Waals surface area contributed by atoms with Crippen LogP contribution in [0, 0.1) is 10.1 Å². The van der Waals surface area contributed by atoms with Crippen LogP contribution in [0.15, 0.2) is 53.6 Å². The molecule has 0 bridgehead atoms. The summed E-state index contributed by atoms with van der Waals surface area (Å²) in [4.78, 5) is 23.7. The summed E-state index contributed by atoms with van der Waals surface area (Å²) in [6, 6.07) is 13.6. The van der Waals surface area contributed by atoms with E-state index >= 15 is 0 Å². The Kier molecular flexibility index (Phi) is 7.26. The molecule has 0 amide bonds. The molecule has 33 heavy (non-hydrogen) atoms. The van der Waals surface area contributed by atoms with Crippen LogP contribution in [0.1, 0.15) is 37.7 Å². The number of nitro groups is 1. The van der Waals surface area contributed by atoms with E-state index in [4.69, 9.17) is 11.6 Å². The number of nitrogens with one attached hydrogen (secondary N) is 3. The number of rotatable bonds is 8. The largest absolute Gasteiger partial charge is 0.351 e. The zero-order chi connectivity index (χ0) is 23.0. The number of non-ortho nitro benzene ring substituents is 1. The van der Waals surface area contributed by atoms with Gasteiger partial charge in [0, 0.05) is 28.9 Å². The molecule has 1 heterocycles. The van der Waals surface area contributed by atoms with Gasteiger partial charge < -0.3 is 10.6 Å². The van der Waals surface area contributed by atoms with Gasteiger partial charge in [0.25, 0.3) is 5.69 Å². The lowest BCUT2D eigenvalue weighted by Gasteiger charge is -2.22. The topological polar surface area (TPSA) is 130 Å². The first-order valence-corrected chi connectivity index (χ1v) is 11.0. The fourth-order valence-corrected chi connectivity index (χ4v) is 3.72. The van der Waals surface area contributed by atoms with Crippen LogP contribution in [-0.2, 0) is 0 Å². The average molecular weight is 467 g/mol. The van der Waals surface area contributed by atoms with E-state index in [2.05, 4.69) is 36.1 Å². The molecule has 0 spiro atoms. The minimum atomic E-state index is -0.446. The van der Waals surface area contributed by atoms with Gasteiger partial charge in [-0.05, 0) is 42.7 Å². The molecule has 0 saturated heterocycles.